The number of nitrogens with zero attached hydrogens (tertiary/aromatic N) is 2. The maximum Gasteiger partial charge on any atom is 0.305 e. The topological polar surface area (TPSA) is 123 Å². The molecule has 3 unspecified atom stereocenters. The molecule has 2 amide bonds. The molecule has 0 bridgehead atoms. The van der Waals surface area contributed by atoms with Crippen molar-refractivity contribution in [3.05, 3.63) is 115 Å². The van der Waals surface area contributed by atoms with Gasteiger partial charge in [0.05, 0.1) is 21.6 Å². The molecule has 4 aromatic rings. The molecule has 11 heteroatoms. The van der Waals surface area contributed by atoms with E-state index in [0.29, 0.717) is 22.3 Å². The van der Waals surface area contributed by atoms with Gasteiger partial charge in [0.15, 0.2) is 0 Å². The first-order valence-corrected chi connectivity index (χ1v) is 13.4. The van der Waals surface area contributed by atoms with Crippen LogP contribution in [0.25, 0.3) is 0 Å². The van der Waals surface area contributed by atoms with Gasteiger partial charge in [0.2, 0.25) is 11.8 Å². The number of rotatable bonds is 6. The van der Waals surface area contributed by atoms with Gasteiger partial charge in [-0.2, -0.15) is 0 Å². The number of non-ortho nitro benzene ring substituents is 1. The van der Waals surface area contributed by atoms with Crippen LogP contribution in [0.1, 0.15) is 21.9 Å². The Kier molecular flexibility index (Phi) is 6.09. The number of amides is 2. The number of thioether (sulfide) groups is 1. The quantitative estimate of drug-likeness (QED) is 0.211. The molecule has 0 radical (unpaired) electrons. The molecule has 3 atom stereocenters. The van der Waals surface area contributed by atoms with Crippen LogP contribution >= 0.6 is 23.1 Å². The maximum absolute atomic E-state index is 13.7. The van der Waals surface area contributed by atoms with E-state index in [1.54, 1.807) is 0 Å². The lowest BCUT2D eigenvalue weighted by molar-refractivity contribution is -0.384. The van der Waals surface area contributed by atoms with Crippen LogP contribution in [-0.2, 0) is 16.2 Å². The van der Waals surface area contributed by atoms with Gasteiger partial charge in [-0.1, -0.05) is 65.6 Å². The summed E-state index contributed by atoms with van der Waals surface area (Å²) in [5.41, 5.74) is 1.97. The molecule has 1 saturated heterocycles. The Labute approximate surface area is 224 Å². The summed E-state index contributed by atoms with van der Waals surface area (Å²) >= 11 is 2.22. The Morgan fingerprint density at radius 3 is 2.32 bits per heavy atom. The smallest absolute Gasteiger partial charge is 0.305 e. The van der Waals surface area contributed by atoms with Crippen LogP contribution in [0.3, 0.4) is 0 Å². The van der Waals surface area contributed by atoms with E-state index in [1.165, 1.54) is 36.0 Å². The van der Waals surface area contributed by atoms with Crippen LogP contribution in [-0.4, -0.2) is 27.0 Å². The molecule has 1 fully saturated rings. The fourth-order valence-electron chi connectivity index (χ4n) is 4.87. The first kappa shape index (κ1) is 24.1. The molecule has 9 nitrogen and oxygen atoms in total. The molecule has 38 heavy (non-hydrogen) atoms. The third kappa shape index (κ3) is 4.19. The van der Waals surface area contributed by atoms with Crippen molar-refractivity contribution in [3.63, 3.8) is 0 Å². The van der Waals surface area contributed by atoms with E-state index in [2.05, 4.69) is 4.98 Å². The number of hydrogen-bond acceptors (Lipinski definition) is 8. The second-order valence-electron chi connectivity index (χ2n) is 8.88. The van der Waals surface area contributed by atoms with Crippen molar-refractivity contribution >= 4 is 46.3 Å². The number of anilines is 1. The number of H-pyrrole nitrogens is 1. The molecule has 3 heterocycles. The van der Waals surface area contributed by atoms with E-state index in [0.717, 1.165) is 27.4 Å². The first-order valence-electron chi connectivity index (χ1n) is 11.7. The third-order valence-electron chi connectivity index (χ3n) is 6.63. The van der Waals surface area contributed by atoms with E-state index in [9.17, 15) is 24.5 Å². The fourth-order valence-corrected chi connectivity index (χ4v) is 7.38. The number of nitro groups is 1. The SMILES string of the molecule is O=C1C2Sc3[nH]c(=O)sc3C(c3ccc(OCc4ccccc4)cc3)C2C(=O)N1c1ccc([N+](=O)[O-])cc1. The fraction of sp³-hybridized carbons (Fsp3) is 0.148. The van der Waals surface area contributed by atoms with Crippen LogP contribution in [0.15, 0.2) is 88.7 Å². The minimum atomic E-state index is -0.741. The summed E-state index contributed by atoms with van der Waals surface area (Å²) in [6, 6.07) is 22.5. The van der Waals surface area contributed by atoms with Gasteiger partial charge >= 0.3 is 4.87 Å². The van der Waals surface area contributed by atoms with Crippen molar-refractivity contribution in [3.8, 4) is 5.75 Å². The van der Waals surface area contributed by atoms with Crippen molar-refractivity contribution in [1.82, 2.24) is 4.98 Å². The van der Waals surface area contributed by atoms with Gasteiger partial charge in [-0.05, 0) is 35.4 Å². The van der Waals surface area contributed by atoms with Crippen LogP contribution in [0.5, 0.6) is 5.75 Å². The Morgan fingerprint density at radius 1 is 0.921 bits per heavy atom. The summed E-state index contributed by atoms with van der Waals surface area (Å²) < 4.78 is 5.90. The zero-order valence-corrected chi connectivity index (χ0v) is 21.2. The van der Waals surface area contributed by atoms with Crippen molar-refractivity contribution in [2.75, 3.05) is 4.90 Å². The highest BCUT2D eigenvalue weighted by Crippen LogP contribution is 2.53. The lowest BCUT2D eigenvalue weighted by Crippen LogP contribution is -2.32. The number of carbonyl (C=O) groups excluding carboxylic acids is 2. The normalized spacial score (nSPS) is 20.2. The maximum atomic E-state index is 13.7. The van der Waals surface area contributed by atoms with Crippen molar-refractivity contribution in [2.45, 2.75) is 22.8 Å². The zero-order valence-electron chi connectivity index (χ0n) is 19.6. The number of imide groups is 1. The lowest BCUT2D eigenvalue weighted by atomic mass is 9.83. The number of carbonyl (C=O) groups is 2. The minimum Gasteiger partial charge on any atom is -0.489 e. The van der Waals surface area contributed by atoms with Crippen molar-refractivity contribution in [2.24, 2.45) is 5.92 Å². The number of aromatic amines is 1. The summed E-state index contributed by atoms with van der Waals surface area (Å²) in [6.07, 6.45) is 0. The Bertz CT molecular complexity index is 1600. The highest BCUT2D eigenvalue weighted by atomic mass is 32.2. The van der Waals surface area contributed by atoms with E-state index in [1.807, 2.05) is 54.6 Å². The molecule has 0 spiro atoms. The lowest BCUT2D eigenvalue weighted by Gasteiger charge is -2.29. The predicted octanol–water partition coefficient (Wildman–Crippen LogP) is 4.72. The Hall–Kier alpha value is -4.22. The molecule has 6 rings (SSSR count). The van der Waals surface area contributed by atoms with Gasteiger partial charge in [0, 0.05) is 22.9 Å². The molecule has 0 saturated carbocycles. The van der Waals surface area contributed by atoms with Gasteiger partial charge in [-0.3, -0.25) is 24.5 Å². The van der Waals surface area contributed by atoms with Crippen LogP contribution in [0.4, 0.5) is 11.4 Å². The highest BCUT2D eigenvalue weighted by Gasteiger charge is 2.56. The summed E-state index contributed by atoms with van der Waals surface area (Å²) in [7, 11) is 0. The number of fused-ring (bicyclic) bond motifs is 2. The molecule has 2 aliphatic heterocycles. The van der Waals surface area contributed by atoms with Gasteiger partial charge in [-0.15, -0.1) is 0 Å². The number of ether oxygens (including phenoxy) is 1. The van der Waals surface area contributed by atoms with Crippen LogP contribution in [0, 0.1) is 16.0 Å². The van der Waals surface area contributed by atoms with Gasteiger partial charge in [0.25, 0.3) is 5.69 Å². The number of hydrogen-bond donors (Lipinski definition) is 1. The summed E-state index contributed by atoms with van der Waals surface area (Å²) in [5, 5.41) is 10.9. The van der Waals surface area contributed by atoms with Gasteiger partial charge in [0.1, 0.15) is 17.6 Å². The average Bonchev–Trinajstić information content (AvgIpc) is 3.42. The number of benzene rings is 3. The largest absolute Gasteiger partial charge is 0.489 e. The molecule has 3 aromatic carbocycles. The van der Waals surface area contributed by atoms with Gasteiger partial charge < -0.3 is 9.72 Å². The summed E-state index contributed by atoms with van der Waals surface area (Å²) in [6.45, 7) is 0.408. The van der Waals surface area contributed by atoms with E-state index in [4.69, 9.17) is 4.74 Å². The van der Waals surface area contributed by atoms with E-state index < -0.39 is 33.8 Å². The highest BCUT2D eigenvalue weighted by molar-refractivity contribution is 8.00. The molecule has 2 aliphatic rings. The Balaban J connectivity index is 1.32. The second kappa shape index (κ2) is 9.58. The number of thiazole rings is 1. The number of nitrogens with one attached hydrogen (secondary N) is 1. The molecule has 1 aromatic heterocycles. The monoisotopic (exact) mass is 545 g/mol. The van der Waals surface area contributed by atoms with Crippen molar-refractivity contribution in [1.29, 1.82) is 0 Å². The molecule has 0 aliphatic carbocycles. The molecule has 1 N–H and O–H groups in total. The summed E-state index contributed by atoms with van der Waals surface area (Å²) in [4.78, 5) is 54.4. The predicted molar refractivity (Wildman–Crippen MR) is 143 cm³/mol. The average molecular weight is 546 g/mol. The molecular formula is C27H19N3O6S2. The molecule has 190 valence electrons. The van der Waals surface area contributed by atoms with E-state index >= 15 is 0 Å². The Morgan fingerprint density at radius 2 is 1.63 bits per heavy atom. The first-order chi connectivity index (χ1) is 18.4. The third-order valence-corrected chi connectivity index (χ3v) is 9.03. The number of nitro benzene ring substituents is 1. The number of aromatic nitrogens is 1. The van der Waals surface area contributed by atoms with Crippen LogP contribution < -0.4 is 14.5 Å². The van der Waals surface area contributed by atoms with Crippen molar-refractivity contribution < 1.29 is 19.2 Å². The van der Waals surface area contributed by atoms with Gasteiger partial charge in [-0.25, -0.2) is 4.90 Å². The van der Waals surface area contributed by atoms with E-state index in [-0.39, 0.29) is 16.2 Å². The minimum absolute atomic E-state index is 0.133. The standard InChI is InChI=1S/C27H19N3O6S2/c31-25-21-20(16-6-12-19(13-7-16)36-14-15-4-2-1-3-5-15)22-24(28-27(33)38-22)37-23(21)26(32)29(25)17-8-10-18(11-9-17)30(34)35/h1-13,20-21,23H,14H2,(H,28,33). The summed E-state index contributed by atoms with van der Waals surface area (Å²) in [5.74, 6) is -1.41. The molecular weight excluding hydrogens is 526 g/mol. The van der Waals surface area contributed by atoms with Crippen LogP contribution in [0.2, 0.25) is 0 Å². The second-order valence-corrected chi connectivity index (χ2v) is 11.0. The zero-order chi connectivity index (χ0) is 26.4.